The Hall–Kier alpha value is -2.80. The zero-order valence-corrected chi connectivity index (χ0v) is 18.1. The molecule has 3 rings (SSSR count). The molecule has 0 atom stereocenters. The number of aryl methyl sites for hydroxylation is 3. The van der Waals surface area contributed by atoms with Gasteiger partial charge in [-0.3, -0.25) is 19.3 Å². The monoisotopic (exact) mass is 411 g/mol. The van der Waals surface area contributed by atoms with Crippen molar-refractivity contribution >= 4 is 40.6 Å². The summed E-state index contributed by atoms with van der Waals surface area (Å²) < 4.78 is 2.15. The zero-order valence-electron chi connectivity index (χ0n) is 17.3. The molecular weight excluding hydrogens is 386 g/mol. The number of nitrogens with zero attached hydrogens (tertiary/aromatic N) is 2. The fraction of sp³-hybridized carbons (Fsp3) is 0.318. The molecule has 1 N–H and O–H groups in total. The van der Waals surface area contributed by atoms with Crippen LogP contribution in [0.1, 0.15) is 35.0 Å². The summed E-state index contributed by atoms with van der Waals surface area (Å²) in [6.07, 6.45) is 1.74. The van der Waals surface area contributed by atoms with E-state index in [4.69, 9.17) is 0 Å². The molecule has 1 aliphatic rings. The van der Waals surface area contributed by atoms with Crippen molar-refractivity contribution in [3.05, 3.63) is 57.2 Å². The molecule has 152 valence electrons. The van der Waals surface area contributed by atoms with Gasteiger partial charge in [-0.25, -0.2) is 0 Å². The van der Waals surface area contributed by atoms with Gasteiger partial charge in [-0.05, 0) is 87.3 Å². The van der Waals surface area contributed by atoms with Gasteiger partial charge >= 0.3 is 0 Å². The van der Waals surface area contributed by atoms with Crippen LogP contribution in [0.5, 0.6) is 0 Å². The van der Waals surface area contributed by atoms with Gasteiger partial charge in [0.05, 0.1) is 4.91 Å². The van der Waals surface area contributed by atoms with Gasteiger partial charge < -0.3 is 9.88 Å². The molecule has 0 spiro atoms. The number of imide groups is 1. The van der Waals surface area contributed by atoms with Gasteiger partial charge in [0.25, 0.3) is 11.1 Å². The van der Waals surface area contributed by atoms with Crippen molar-refractivity contribution in [2.45, 2.75) is 41.2 Å². The second-order valence-corrected chi connectivity index (χ2v) is 8.18. The molecule has 0 radical (unpaired) electrons. The van der Waals surface area contributed by atoms with Crippen LogP contribution in [-0.2, 0) is 16.1 Å². The molecule has 6 nitrogen and oxygen atoms in total. The van der Waals surface area contributed by atoms with E-state index in [1.165, 1.54) is 0 Å². The van der Waals surface area contributed by atoms with E-state index in [0.717, 1.165) is 51.3 Å². The summed E-state index contributed by atoms with van der Waals surface area (Å²) in [5, 5.41) is 2.32. The van der Waals surface area contributed by atoms with Crippen molar-refractivity contribution < 1.29 is 14.4 Å². The van der Waals surface area contributed by atoms with Gasteiger partial charge in [0.1, 0.15) is 6.54 Å². The normalized spacial score (nSPS) is 15.5. The number of benzene rings is 1. The quantitative estimate of drug-likeness (QED) is 0.740. The van der Waals surface area contributed by atoms with Gasteiger partial charge in [-0.15, -0.1) is 0 Å². The average Bonchev–Trinajstić information content (AvgIpc) is 3.08. The highest BCUT2D eigenvalue weighted by molar-refractivity contribution is 8.18. The Morgan fingerprint density at radius 3 is 2.45 bits per heavy atom. The van der Waals surface area contributed by atoms with E-state index < -0.39 is 17.1 Å². The molecule has 0 bridgehead atoms. The molecule has 1 aliphatic heterocycles. The summed E-state index contributed by atoms with van der Waals surface area (Å²) in [5.74, 6) is -0.836. The fourth-order valence-corrected chi connectivity index (χ4v) is 4.23. The van der Waals surface area contributed by atoms with Gasteiger partial charge in [-0.1, -0.05) is 6.07 Å². The number of carbonyl (C=O) groups excluding carboxylic acids is 3. The third-order valence-corrected chi connectivity index (χ3v) is 6.09. The first kappa shape index (κ1) is 20.9. The van der Waals surface area contributed by atoms with Crippen molar-refractivity contribution in [2.75, 3.05) is 11.9 Å². The molecule has 1 aromatic heterocycles. The zero-order chi connectivity index (χ0) is 21.3. The summed E-state index contributed by atoms with van der Waals surface area (Å²) >= 11 is 0.870. The Kier molecular flexibility index (Phi) is 5.98. The molecule has 29 heavy (non-hydrogen) atoms. The Morgan fingerprint density at radius 2 is 1.83 bits per heavy atom. The maximum atomic E-state index is 12.7. The smallest absolute Gasteiger partial charge is 0.294 e. The van der Waals surface area contributed by atoms with Gasteiger partial charge in [0, 0.05) is 23.6 Å². The fourth-order valence-electron chi connectivity index (χ4n) is 3.40. The number of hydrogen-bond acceptors (Lipinski definition) is 4. The molecule has 0 saturated carbocycles. The Balaban J connectivity index is 1.73. The van der Waals surface area contributed by atoms with Crippen LogP contribution in [-0.4, -0.2) is 33.1 Å². The first-order valence-corrected chi connectivity index (χ1v) is 10.3. The first-order chi connectivity index (χ1) is 13.7. The highest BCUT2D eigenvalue weighted by Gasteiger charge is 2.36. The van der Waals surface area contributed by atoms with Gasteiger partial charge in [0.15, 0.2) is 0 Å². The lowest BCUT2D eigenvalue weighted by Crippen LogP contribution is -2.36. The molecule has 1 saturated heterocycles. The van der Waals surface area contributed by atoms with E-state index in [0.29, 0.717) is 10.6 Å². The van der Waals surface area contributed by atoms with Crippen LogP contribution in [0.4, 0.5) is 10.5 Å². The van der Waals surface area contributed by atoms with E-state index in [1.54, 1.807) is 12.1 Å². The number of hydrogen-bond donors (Lipinski definition) is 1. The van der Waals surface area contributed by atoms with E-state index in [9.17, 15) is 14.4 Å². The topological polar surface area (TPSA) is 71.4 Å². The molecule has 2 heterocycles. The van der Waals surface area contributed by atoms with Crippen molar-refractivity contribution in [3.63, 3.8) is 0 Å². The molecular formula is C22H25N3O3S. The van der Waals surface area contributed by atoms with E-state index >= 15 is 0 Å². The van der Waals surface area contributed by atoms with Crippen molar-refractivity contribution in [1.82, 2.24) is 9.47 Å². The second-order valence-electron chi connectivity index (χ2n) is 7.19. The van der Waals surface area contributed by atoms with E-state index in [1.807, 2.05) is 45.9 Å². The van der Waals surface area contributed by atoms with Crippen LogP contribution in [0, 0.1) is 27.7 Å². The van der Waals surface area contributed by atoms with Crippen LogP contribution in [0.25, 0.3) is 6.08 Å². The average molecular weight is 412 g/mol. The van der Waals surface area contributed by atoms with Gasteiger partial charge in [-0.2, -0.15) is 0 Å². The Bertz CT molecular complexity index is 1040. The second kappa shape index (κ2) is 8.29. The number of thioether (sulfide) groups is 1. The third kappa shape index (κ3) is 4.29. The standard InChI is InChI=1S/C22H25N3O3S/c1-6-24-15(4)10-17(16(24)5)11-19-21(27)25(22(28)29-19)12-20(26)23-18-8-7-13(2)14(3)9-18/h7-11H,6,12H2,1-5H3,(H,23,26)/b19-11+. The highest BCUT2D eigenvalue weighted by atomic mass is 32.2. The summed E-state index contributed by atoms with van der Waals surface area (Å²) in [6.45, 7) is 10.5. The molecule has 1 fully saturated rings. The molecule has 0 aliphatic carbocycles. The largest absolute Gasteiger partial charge is 0.349 e. The van der Waals surface area contributed by atoms with Crippen LogP contribution < -0.4 is 5.32 Å². The number of nitrogens with one attached hydrogen (secondary N) is 1. The molecule has 1 aromatic carbocycles. The van der Waals surface area contributed by atoms with Crippen LogP contribution in [0.2, 0.25) is 0 Å². The number of aromatic nitrogens is 1. The number of amides is 3. The minimum absolute atomic E-state index is 0.303. The maximum absolute atomic E-state index is 12.7. The van der Waals surface area contributed by atoms with E-state index in [2.05, 4.69) is 16.8 Å². The van der Waals surface area contributed by atoms with Crippen LogP contribution >= 0.6 is 11.8 Å². The van der Waals surface area contributed by atoms with Crippen LogP contribution in [0.3, 0.4) is 0 Å². The van der Waals surface area contributed by atoms with Crippen molar-refractivity contribution in [1.29, 1.82) is 0 Å². The SMILES string of the molecule is CCn1c(C)cc(/C=C2/SC(=O)N(CC(=O)Nc3ccc(C)c(C)c3)C2=O)c1C. The van der Waals surface area contributed by atoms with Crippen molar-refractivity contribution in [2.24, 2.45) is 0 Å². The summed E-state index contributed by atoms with van der Waals surface area (Å²) in [7, 11) is 0. The maximum Gasteiger partial charge on any atom is 0.294 e. The lowest BCUT2D eigenvalue weighted by Gasteiger charge is -2.13. The predicted octanol–water partition coefficient (Wildman–Crippen LogP) is 4.42. The summed E-state index contributed by atoms with van der Waals surface area (Å²) in [5.41, 5.74) is 5.89. The summed E-state index contributed by atoms with van der Waals surface area (Å²) in [6, 6.07) is 7.58. The number of anilines is 1. The Morgan fingerprint density at radius 1 is 1.10 bits per heavy atom. The number of carbonyl (C=O) groups is 3. The third-order valence-electron chi connectivity index (χ3n) is 5.18. The van der Waals surface area contributed by atoms with Crippen molar-refractivity contribution in [3.8, 4) is 0 Å². The predicted molar refractivity (Wildman–Crippen MR) is 117 cm³/mol. The minimum Gasteiger partial charge on any atom is -0.349 e. The van der Waals surface area contributed by atoms with E-state index in [-0.39, 0.29) is 6.54 Å². The molecule has 2 aromatic rings. The molecule has 0 unspecified atom stereocenters. The lowest BCUT2D eigenvalue weighted by molar-refractivity contribution is -0.127. The lowest BCUT2D eigenvalue weighted by atomic mass is 10.1. The first-order valence-electron chi connectivity index (χ1n) is 9.50. The molecule has 7 heteroatoms. The summed E-state index contributed by atoms with van der Waals surface area (Å²) in [4.78, 5) is 38.7. The van der Waals surface area contributed by atoms with Gasteiger partial charge in [0.2, 0.25) is 5.91 Å². The number of rotatable bonds is 5. The van der Waals surface area contributed by atoms with Crippen LogP contribution in [0.15, 0.2) is 29.2 Å². The minimum atomic E-state index is -0.434. The highest BCUT2D eigenvalue weighted by Crippen LogP contribution is 2.33. The Labute approximate surface area is 175 Å². The molecule has 3 amide bonds.